The van der Waals surface area contributed by atoms with Crippen LogP contribution in [0.1, 0.15) is 16.8 Å². The van der Waals surface area contributed by atoms with Gasteiger partial charge in [0.05, 0.1) is 17.0 Å². The summed E-state index contributed by atoms with van der Waals surface area (Å²) in [5.74, 6) is 1.79. The van der Waals surface area contributed by atoms with Crippen molar-refractivity contribution < 1.29 is 23.4 Å². The summed E-state index contributed by atoms with van der Waals surface area (Å²) in [4.78, 5) is 12.4. The molecule has 1 atom stereocenters. The number of hydrogen-bond acceptors (Lipinski definition) is 9. The number of ether oxygens (including phenoxy) is 1. The molecule has 0 bridgehead atoms. The van der Waals surface area contributed by atoms with Crippen molar-refractivity contribution in [2.75, 3.05) is 5.73 Å². The van der Waals surface area contributed by atoms with Crippen molar-refractivity contribution in [1.29, 1.82) is 0 Å². The Morgan fingerprint density at radius 1 is 1.09 bits per heavy atom. The fourth-order valence-corrected chi connectivity index (χ4v) is 3.20. The van der Waals surface area contributed by atoms with Crippen LogP contribution in [-0.2, 0) is 24.3 Å². The number of aromatic nitrogens is 3. The zero-order valence-corrected chi connectivity index (χ0v) is 19.1. The highest BCUT2D eigenvalue weighted by atomic mass is 31.0. The van der Waals surface area contributed by atoms with Gasteiger partial charge in [0, 0.05) is 34.2 Å². The van der Waals surface area contributed by atoms with E-state index in [1.807, 2.05) is 54.7 Å². The molecule has 12 heteroatoms. The average Bonchev–Trinajstić information content (AvgIpc) is 3.29. The number of anilines is 1. The fourth-order valence-electron chi connectivity index (χ4n) is 3.04. The lowest BCUT2D eigenvalue weighted by atomic mass is 10.1. The molecular weight excluding hydrogens is 461 g/mol. The minimum absolute atomic E-state index is 0.335. The molecule has 2 N–H and O–H groups in total. The second-order valence-electron chi connectivity index (χ2n) is 6.93. The van der Waals surface area contributed by atoms with E-state index in [1.54, 1.807) is 10.8 Å². The largest absolute Gasteiger partial charge is 0.473 e. The van der Waals surface area contributed by atoms with E-state index >= 15 is 0 Å². The van der Waals surface area contributed by atoms with Crippen molar-refractivity contribution in [3.63, 3.8) is 0 Å². The third kappa shape index (κ3) is 7.22. The second-order valence-corrected chi connectivity index (χ2v) is 7.26. The van der Waals surface area contributed by atoms with Crippen LogP contribution in [0.25, 0.3) is 11.3 Å². The normalized spacial score (nSPS) is 10.3. The van der Waals surface area contributed by atoms with E-state index in [-0.39, 0.29) is 0 Å². The summed E-state index contributed by atoms with van der Waals surface area (Å²) in [6, 6.07) is 19.5. The Hall–Kier alpha value is -4.08. The molecular formula is C22H22N5O6P. The van der Waals surface area contributed by atoms with Gasteiger partial charge in [-0.05, 0) is 29.3 Å². The SMILES string of the molecule is Nc1c(-c2cc(Cc3ccc(COc4ccccn4)cc3)no2)ccc[n+]1COP.O=[N+]([O-])[O-]. The molecule has 0 spiro atoms. The molecule has 0 amide bonds. The number of pyridine rings is 2. The lowest BCUT2D eigenvalue weighted by Crippen LogP contribution is -2.37. The van der Waals surface area contributed by atoms with Crippen LogP contribution in [0.3, 0.4) is 0 Å². The van der Waals surface area contributed by atoms with Gasteiger partial charge in [0.15, 0.2) is 12.5 Å². The summed E-state index contributed by atoms with van der Waals surface area (Å²) in [5, 5.41) is 18.9. The van der Waals surface area contributed by atoms with Crippen molar-refractivity contribution in [3.8, 4) is 17.2 Å². The monoisotopic (exact) mass is 483 g/mol. The second kappa shape index (κ2) is 12.2. The lowest BCUT2D eigenvalue weighted by Gasteiger charge is -2.05. The lowest BCUT2D eigenvalue weighted by molar-refractivity contribution is -0.710. The molecule has 34 heavy (non-hydrogen) atoms. The first kappa shape index (κ1) is 24.6. The van der Waals surface area contributed by atoms with Crippen LogP contribution in [0.2, 0.25) is 0 Å². The maximum absolute atomic E-state index is 8.25. The van der Waals surface area contributed by atoms with Gasteiger partial charge in [-0.3, -0.25) is 5.73 Å². The standard InChI is InChI=1S/C22H21N4O3P.NO3/c23-22-19(4-3-11-26(22)15-28-30)20-13-18(25-29-20)12-16-6-8-17(9-7-16)14-27-21-5-1-2-10-24-21;2-1(3)4/h1-11,13,23H,12,14-15,30H2;/q;-1/p+1. The summed E-state index contributed by atoms with van der Waals surface area (Å²) in [7, 11) is 2.21. The van der Waals surface area contributed by atoms with Crippen molar-refractivity contribution in [3.05, 3.63) is 105 Å². The highest BCUT2D eigenvalue weighted by Crippen LogP contribution is 2.25. The minimum atomic E-state index is -1.75. The van der Waals surface area contributed by atoms with Crippen LogP contribution in [0.5, 0.6) is 5.88 Å². The van der Waals surface area contributed by atoms with E-state index in [9.17, 15) is 0 Å². The van der Waals surface area contributed by atoms with Gasteiger partial charge in [-0.15, -0.1) is 0 Å². The first-order valence-electron chi connectivity index (χ1n) is 9.95. The molecule has 0 fully saturated rings. The third-order valence-corrected chi connectivity index (χ3v) is 4.73. The van der Waals surface area contributed by atoms with Crippen LogP contribution in [0, 0.1) is 15.3 Å². The van der Waals surface area contributed by atoms with Gasteiger partial charge in [-0.25, -0.2) is 9.55 Å². The topological polar surface area (TPSA) is 153 Å². The zero-order valence-electron chi connectivity index (χ0n) is 17.9. The van der Waals surface area contributed by atoms with E-state index in [0.29, 0.717) is 37.2 Å². The minimum Gasteiger partial charge on any atom is -0.473 e. The number of nitrogens with zero attached hydrogens (tertiary/aromatic N) is 4. The number of benzene rings is 1. The van der Waals surface area contributed by atoms with Crippen molar-refractivity contribution in [2.45, 2.75) is 19.8 Å². The molecule has 4 rings (SSSR count). The van der Waals surface area contributed by atoms with E-state index in [2.05, 4.69) is 31.7 Å². The van der Waals surface area contributed by atoms with Gasteiger partial charge in [-0.1, -0.05) is 35.5 Å². The number of nitrogens with two attached hydrogens (primary N) is 1. The summed E-state index contributed by atoms with van der Waals surface area (Å²) < 4.78 is 18.1. The zero-order chi connectivity index (χ0) is 24.3. The average molecular weight is 483 g/mol. The molecule has 3 heterocycles. The molecule has 1 unspecified atom stereocenters. The Morgan fingerprint density at radius 2 is 1.82 bits per heavy atom. The van der Waals surface area contributed by atoms with Gasteiger partial charge < -0.3 is 29.1 Å². The van der Waals surface area contributed by atoms with Crippen molar-refractivity contribution in [2.24, 2.45) is 0 Å². The maximum Gasteiger partial charge on any atom is 0.285 e. The molecule has 4 aromatic rings. The van der Waals surface area contributed by atoms with Crippen molar-refractivity contribution in [1.82, 2.24) is 10.1 Å². The Bertz CT molecular complexity index is 1200. The highest BCUT2D eigenvalue weighted by Gasteiger charge is 2.17. The molecule has 0 saturated heterocycles. The van der Waals surface area contributed by atoms with Gasteiger partial charge in [0.25, 0.3) is 5.82 Å². The Labute approximate surface area is 197 Å². The summed E-state index contributed by atoms with van der Waals surface area (Å²) in [5.41, 5.74) is 10.0. The number of rotatable bonds is 8. The van der Waals surface area contributed by atoms with Gasteiger partial charge in [-0.2, -0.15) is 0 Å². The van der Waals surface area contributed by atoms with Crippen molar-refractivity contribution >= 4 is 15.3 Å². The van der Waals surface area contributed by atoms with E-state index in [4.69, 9.17) is 34.8 Å². The van der Waals surface area contributed by atoms with Crippen LogP contribution in [0.4, 0.5) is 5.82 Å². The quantitative estimate of drug-likeness (QED) is 0.172. The summed E-state index contributed by atoms with van der Waals surface area (Å²) >= 11 is 0. The smallest absolute Gasteiger partial charge is 0.285 e. The Morgan fingerprint density at radius 3 is 2.50 bits per heavy atom. The highest BCUT2D eigenvalue weighted by molar-refractivity contribution is 7.09. The van der Waals surface area contributed by atoms with E-state index in [1.165, 1.54) is 0 Å². The molecule has 11 nitrogen and oxygen atoms in total. The van der Waals surface area contributed by atoms with Gasteiger partial charge in [0.2, 0.25) is 5.88 Å². The first-order valence-corrected chi connectivity index (χ1v) is 10.4. The first-order chi connectivity index (χ1) is 16.5. The van der Waals surface area contributed by atoms with Crippen LogP contribution >= 0.6 is 9.47 Å². The summed E-state index contributed by atoms with van der Waals surface area (Å²) in [6.45, 7) is 0.806. The molecule has 0 aliphatic carbocycles. The van der Waals surface area contributed by atoms with Crippen LogP contribution in [-0.4, -0.2) is 15.2 Å². The molecule has 0 aliphatic heterocycles. The molecule has 1 aromatic carbocycles. The molecule has 0 radical (unpaired) electrons. The maximum atomic E-state index is 8.25. The molecule has 0 saturated carbocycles. The van der Waals surface area contributed by atoms with Crippen LogP contribution in [0.15, 0.2) is 77.6 Å². The Balaban J connectivity index is 0.000000751. The van der Waals surface area contributed by atoms with Crippen LogP contribution < -0.4 is 15.0 Å². The number of hydrogen-bond donors (Lipinski definition) is 1. The molecule has 3 aromatic heterocycles. The van der Waals surface area contributed by atoms with Gasteiger partial charge in [0.1, 0.15) is 12.2 Å². The summed E-state index contributed by atoms with van der Waals surface area (Å²) in [6.07, 6.45) is 4.22. The van der Waals surface area contributed by atoms with E-state index in [0.717, 1.165) is 22.4 Å². The van der Waals surface area contributed by atoms with Gasteiger partial charge >= 0.3 is 0 Å². The predicted molar refractivity (Wildman–Crippen MR) is 126 cm³/mol. The molecule has 0 aliphatic rings. The number of nitrogen functional groups attached to an aromatic ring is 1. The molecule has 176 valence electrons. The Kier molecular flexibility index (Phi) is 8.84. The fraction of sp³-hybridized carbons (Fsp3) is 0.136. The van der Waals surface area contributed by atoms with E-state index < -0.39 is 5.09 Å². The predicted octanol–water partition coefficient (Wildman–Crippen LogP) is 3.30. The third-order valence-electron chi connectivity index (χ3n) is 4.59.